The summed E-state index contributed by atoms with van der Waals surface area (Å²) in [6, 6.07) is 14.5. The van der Waals surface area contributed by atoms with E-state index in [1.54, 1.807) is 6.07 Å². The summed E-state index contributed by atoms with van der Waals surface area (Å²) in [7, 11) is 0. The third kappa shape index (κ3) is 5.25. The van der Waals surface area contributed by atoms with Crippen molar-refractivity contribution in [3.63, 3.8) is 0 Å². The maximum atomic E-state index is 13.3. The first kappa shape index (κ1) is 21.4. The molecule has 0 saturated carbocycles. The lowest BCUT2D eigenvalue weighted by Crippen LogP contribution is -2.36. The van der Waals surface area contributed by atoms with Crippen LogP contribution in [0.5, 0.6) is 0 Å². The maximum absolute atomic E-state index is 13.3. The number of halogens is 3. The van der Waals surface area contributed by atoms with Crippen molar-refractivity contribution >= 4 is 0 Å². The Morgan fingerprint density at radius 3 is 2.40 bits per heavy atom. The Labute approximate surface area is 177 Å². The summed E-state index contributed by atoms with van der Waals surface area (Å²) in [5.74, 6) is 0.496. The van der Waals surface area contributed by atoms with Gasteiger partial charge in [0, 0.05) is 32.1 Å². The van der Waals surface area contributed by atoms with Gasteiger partial charge in [-0.2, -0.15) is 13.2 Å². The van der Waals surface area contributed by atoms with Crippen molar-refractivity contribution in [1.82, 2.24) is 9.80 Å². The van der Waals surface area contributed by atoms with Gasteiger partial charge in [-0.3, -0.25) is 4.90 Å². The first-order valence-electron chi connectivity index (χ1n) is 11.1. The van der Waals surface area contributed by atoms with Gasteiger partial charge in [0.15, 0.2) is 0 Å². The van der Waals surface area contributed by atoms with Crippen molar-refractivity contribution in [2.45, 2.75) is 44.8 Å². The Bertz CT molecular complexity index is 842. The highest BCUT2D eigenvalue weighted by molar-refractivity contribution is 5.30. The number of piperidine rings is 1. The van der Waals surface area contributed by atoms with Gasteiger partial charge >= 0.3 is 6.18 Å². The molecule has 2 atom stereocenters. The van der Waals surface area contributed by atoms with Crippen LogP contribution < -0.4 is 0 Å². The van der Waals surface area contributed by atoms with Crippen LogP contribution in [-0.2, 0) is 12.7 Å². The monoisotopic (exact) mass is 416 g/mol. The van der Waals surface area contributed by atoms with Crippen LogP contribution in [0, 0.1) is 12.8 Å². The molecule has 0 aromatic heterocycles. The van der Waals surface area contributed by atoms with Gasteiger partial charge in [0.2, 0.25) is 0 Å². The van der Waals surface area contributed by atoms with Crippen LogP contribution >= 0.6 is 0 Å². The van der Waals surface area contributed by atoms with Gasteiger partial charge < -0.3 is 4.90 Å². The van der Waals surface area contributed by atoms with Crippen LogP contribution in [0.15, 0.2) is 48.5 Å². The first-order valence-corrected chi connectivity index (χ1v) is 11.1. The van der Waals surface area contributed by atoms with Crippen LogP contribution in [-0.4, -0.2) is 42.5 Å². The second kappa shape index (κ2) is 9.11. The molecular weight excluding hydrogens is 385 g/mol. The molecule has 162 valence electrons. The molecule has 2 saturated heterocycles. The Balaban J connectivity index is 1.55. The first-order chi connectivity index (χ1) is 14.4. The summed E-state index contributed by atoms with van der Waals surface area (Å²) in [6.45, 7) is 7.91. The molecule has 0 unspecified atom stereocenters. The highest BCUT2D eigenvalue weighted by Crippen LogP contribution is 2.37. The maximum Gasteiger partial charge on any atom is 0.416 e. The fourth-order valence-corrected chi connectivity index (χ4v) is 5.14. The lowest BCUT2D eigenvalue weighted by Gasteiger charge is -2.31. The number of alkyl halides is 3. The van der Waals surface area contributed by atoms with Crippen LogP contribution in [0.25, 0.3) is 0 Å². The third-order valence-corrected chi connectivity index (χ3v) is 6.59. The van der Waals surface area contributed by atoms with E-state index in [0.717, 1.165) is 44.8 Å². The average Bonchev–Trinajstić information content (AvgIpc) is 3.10. The Morgan fingerprint density at radius 2 is 1.67 bits per heavy atom. The lowest BCUT2D eigenvalue weighted by atomic mass is 9.87. The molecule has 0 radical (unpaired) electrons. The summed E-state index contributed by atoms with van der Waals surface area (Å²) in [6.07, 6.45) is -0.544. The second-order valence-corrected chi connectivity index (χ2v) is 9.03. The van der Waals surface area contributed by atoms with E-state index in [1.165, 1.54) is 42.5 Å². The van der Waals surface area contributed by atoms with Gasteiger partial charge in [0.05, 0.1) is 5.56 Å². The highest BCUT2D eigenvalue weighted by Gasteiger charge is 2.37. The number of likely N-dealkylation sites (tertiary alicyclic amines) is 2. The smallest absolute Gasteiger partial charge is 0.303 e. The van der Waals surface area contributed by atoms with E-state index in [-0.39, 0.29) is 5.92 Å². The molecule has 0 N–H and O–H groups in total. The molecule has 0 amide bonds. The number of nitrogens with zero attached hydrogens (tertiary/aromatic N) is 2. The molecule has 5 heteroatoms. The number of rotatable bonds is 5. The summed E-state index contributed by atoms with van der Waals surface area (Å²) < 4.78 is 39.9. The Morgan fingerprint density at radius 1 is 0.900 bits per heavy atom. The minimum atomic E-state index is -4.29. The molecule has 2 aromatic rings. The van der Waals surface area contributed by atoms with E-state index in [1.807, 2.05) is 6.07 Å². The van der Waals surface area contributed by atoms with E-state index >= 15 is 0 Å². The van der Waals surface area contributed by atoms with E-state index in [4.69, 9.17) is 0 Å². The molecule has 4 rings (SSSR count). The van der Waals surface area contributed by atoms with E-state index < -0.39 is 11.7 Å². The molecule has 2 heterocycles. The fourth-order valence-electron chi connectivity index (χ4n) is 5.14. The van der Waals surface area contributed by atoms with Gasteiger partial charge in [0.25, 0.3) is 0 Å². The molecule has 0 aliphatic carbocycles. The Hall–Kier alpha value is -1.85. The molecule has 2 fully saturated rings. The van der Waals surface area contributed by atoms with Crippen LogP contribution in [0.1, 0.15) is 47.4 Å². The van der Waals surface area contributed by atoms with Crippen molar-refractivity contribution in [3.8, 4) is 0 Å². The number of hydrogen-bond acceptors (Lipinski definition) is 2. The van der Waals surface area contributed by atoms with Crippen LogP contribution in [0.3, 0.4) is 0 Å². The second-order valence-electron chi connectivity index (χ2n) is 9.03. The van der Waals surface area contributed by atoms with E-state index in [9.17, 15) is 13.2 Å². The van der Waals surface area contributed by atoms with Gasteiger partial charge in [0.1, 0.15) is 0 Å². The van der Waals surface area contributed by atoms with Crippen LogP contribution in [0.2, 0.25) is 0 Å². The number of hydrogen-bond donors (Lipinski definition) is 0. The van der Waals surface area contributed by atoms with Gasteiger partial charge in [-0.05, 0) is 56.0 Å². The number of aryl methyl sites for hydroxylation is 1. The largest absolute Gasteiger partial charge is 0.416 e. The molecule has 2 aliphatic rings. The highest BCUT2D eigenvalue weighted by atomic mass is 19.4. The van der Waals surface area contributed by atoms with Gasteiger partial charge in [-0.15, -0.1) is 0 Å². The van der Waals surface area contributed by atoms with Crippen LogP contribution in [0.4, 0.5) is 13.2 Å². The predicted octanol–water partition coefficient (Wildman–Crippen LogP) is 5.72. The Kier molecular flexibility index (Phi) is 6.49. The fraction of sp³-hybridized carbons (Fsp3) is 0.520. The lowest BCUT2D eigenvalue weighted by molar-refractivity contribution is -0.137. The summed E-state index contributed by atoms with van der Waals surface area (Å²) in [5.41, 5.74) is 2.81. The third-order valence-electron chi connectivity index (χ3n) is 6.59. The quantitative estimate of drug-likeness (QED) is 0.616. The average molecular weight is 417 g/mol. The zero-order valence-corrected chi connectivity index (χ0v) is 17.7. The summed E-state index contributed by atoms with van der Waals surface area (Å²) in [5, 5.41) is 0. The molecule has 0 spiro atoms. The van der Waals surface area contributed by atoms with Crippen molar-refractivity contribution < 1.29 is 13.2 Å². The molecular formula is C25H31F3N2. The minimum Gasteiger partial charge on any atom is -0.303 e. The SMILES string of the molecule is Cc1cccc(CN2C[C@H](CN3CCCCC3)[C@H](c3cccc(C(F)(F)F)c3)C2)c1. The molecule has 2 nitrogen and oxygen atoms in total. The van der Waals surface area contributed by atoms with Crippen molar-refractivity contribution in [3.05, 3.63) is 70.8 Å². The molecule has 30 heavy (non-hydrogen) atoms. The molecule has 2 aromatic carbocycles. The van der Waals surface area contributed by atoms with Crippen molar-refractivity contribution in [2.75, 3.05) is 32.7 Å². The summed E-state index contributed by atoms with van der Waals surface area (Å²) >= 11 is 0. The van der Waals surface area contributed by atoms with Crippen molar-refractivity contribution in [2.24, 2.45) is 5.92 Å². The topological polar surface area (TPSA) is 6.48 Å². The van der Waals surface area contributed by atoms with E-state index in [2.05, 4.69) is 41.0 Å². The van der Waals surface area contributed by atoms with E-state index in [0.29, 0.717) is 5.92 Å². The van der Waals surface area contributed by atoms with Gasteiger partial charge in [-0.1, -0.05) is 54.4 Å². The predicted molar refractivity (Wildman–Crippen MR) is 114 cm³/mol. The zero-order valence-electron chi connectivity index (χ0n) is 17.7. The standard InChI is InChI=1S/C25H31F3N2/c1-19-7-5-8-20(13-19)15-30-17-22(16-29-11-3-2-4-12-29)24(18-30)21-9-6-10-23(14-21)25(26,27)28/h5-10,13-14,22,24H,2-4,11-12,15-18H2,1H3/t22-,24-/m0/s1. The number of benzene rings is 2. The van der Waals surface area contributed by atoms with Gasteiger partial charge in [-0.25, -0.2) is 0 Å². The zero-order chi connectivity index (χ0) is 21.1. The minimum absolute atomic E-state index is 0.138. The molecule has 0 bridgehead atoms. The normalized spacial score (nSPS) is 23.7. The van der Waals surface area contributed by atoms with Crippen molar-refractivity contribution in [1.29, 1.82) is 0 Å². The summed E-state index contributed by atoms with van der Waals surface area (Å²) in [4.78, 5) is 4.94. The molecule has 2 aliphatic heterocycles.